The van der Waals surface area contributed by atoms with Crippen molar-refractivity contribution >= 4 is 41.8 Å². The second-order valence-electron chi connectivity index (χ2n) is 6.85. The molecule has 0 bridgehead atoms. The third-order valence-electron chi connectivity index (χ3n) is 4.91. The minimum Gasteiger partial charge on any atom is -0.348 e. The Hall–Kier alpha value is -2.15. The Balaban J connectivity index is 0.00000140. The molecule has 1 aliphatic rings. The Labute approximate surface area is 176 Å². The predicted molar refractivity (Wildman–Crippen MR) is 117 cm³/mol. The number of hydrogen-bond donors (Lipinski definition) is 2. The van der Waals surface area contributed by atoms with Crippen LogP contribution < -0.4 is 10.6 Å². The van der Waals surface area contributed by atoms with E-state index in [4.69, 9.17) is 4.98 Å². The average molecular weight is 422 g/mol. The van der Waals surface area contributed by atoms with Gasteiger partial charge in [-0.05, 0) is 32.4 Å². The molecule has 3 heterocycles. The van der Waals surface area contributed by atoms with Crippen molar-refractivity contribution in [3.8, 4) is 11.3 Å². The van der Waals surface area contributed by atoms with Crippen LogP contribution in [0, 0.1) is 6.92 Å². The number of halogens is 2. The highest BCUT2D eigenvalue weighted by atomic mass is 35.5. The maximum absolute atomic E-state index is 13.1. The van der Waals surface area contributed by atoms with Crippen molar-refractivity contribution in [2.75, 3.05) is 13.1 Å². The van der Waals surface area contributed by atoms with E-state index >= 15 is 0 Å². The first kappa shape index (κ1) is 22.1. The highest BCUT2D eigenvalue weighted by Gasteiger charge is 2.22. The van der Waals surface area contributed by atoms with Crippen molar-refractivity contribution in [1.82, 2.24) is 25.4 Å². The summed E-state index contributed by atoms with van der Waals surface area (Å²) in [5.41, 5.74) is 3.97. The molecule has 1 aromatic carbocycles. The molecule has 28 heavy (non-hydrogen) atoms. The Bertz CT molecular complexity index is 952. The van der Waals surface area contributed by atoms with E-state index in [-0.39, 0.29) is 36.8 Å². The average Bonchev–Trinajstić information content (AvgIpc) is 2.96. The highest BCUT2D eigenvalue weighted by molar-refractivity contribution is 6.07. The molecule has 1 fully saturated rings. The lowest BCUT2D eigenvalue weighted by atomic mass is 10.0. The van der Waals surface area contributed by atoms with E-state index in [1.807, 2.05) is 50.4 Å². The summed E-state index contributed by atoms with van der Waals surface area (Å²) in [6, 6.07) is 12.0. The van der Waals surface area contributed by atoms with Crippen LogP contribution in [0.1, 0.15) is 28.9 Å². The van der Waals surface area contributed by atoms with Gasteiger partial charge in [0.2, 0.25) is 0 Å². The summed E-state index contributed by atoms with van der Waals surface area (Å²) in [7, 11) is 1.86. The Morgan fingerprint density at radius 1 is 1.25 bits per heavy atom. The molecule has 4 rings (SSSR count). The number of carbonyl (C=O) groups excluding carboxylic acids is 1. The van der Waals surface area contributed by atoms with Crippen molar-refractivity contribution in [3.05, 3.63) is 47.7 Å². The van der Waals surface area contributed by atoms with Crippen LogP contribution in [0.2, 0.25) is 0 Å². The first-order chi connectivity index (χ1) is 12.6. The molecule has 6 nitrogen and oxygen atoms in total. The predicted octanol–water partition coefficient (Wildman–Crippen LogP) is 3.27. The molecule has 1 aliphatic heterocycles. The third kappa shape index (κ3) is 4.29. The fourth-order valence-electron chi connectivity index (χ4n) is 3.62. The van der Waals surface area contributed by atoms with E-state index < -0.39 is 0 Å². The van der Waals surface area contributed by atoms with Gasteiger partial charge in [-0.3, -0.25) is 9.48 Å². The number of amides is 1. The number of nitrogens with zero attached hydrogens (tertiary/aromatic N) is 3. The summed E-state index contributed by atoms with van der Waals surface area (Å²) in [6.45, 7) is 3.76. The summed E-state index contributed by atoms with van der Waals surface area (Å²) < 4.78 is 1.75. The number of hydrogen-bond acceptors (Lipinski definition) is 4. The molecule has 0 unspecified atom stereocenters. The normalized spacial score (nSPS) is 16.1. The molecule has 3 aromatic rings. The zero-order valence-corrected chi connectivity index (χ0v) is 17.6. The van der Waals surface area contributed by atoms with E-state index in [1.54, 1.807) is 4.68 Å². The largest absolute Gasteiger partial charge is 0.348 e. The van der Waals surface area contributed by atoms with Gasteiger partial charge in [-0.15, -0.1) is 24.8 Å². The fourth-order valence-corrected chi connectivity index (χ4v) is 3.62. The lowest BCUT2D eigenvalue weighted by Crippen LogP contribution is -2.45. The van der Waals surface area contributed by atoms with Gasteiger partial charge in [0.25, 0.3) is 5.91 Å². The first-order valence-electron chi connectivity index (χ1n) is 9.05. The van der Waals surface area contributed by atoms with Crippen molar-refractivity contribution in [2.45, 2.75) is 25.8 Å². The standard InChI is InChI=1S/C20H23N5O.2ClH/c1-13-18-16(20(26)22-15-9-6-10-21-12-15)11-17(14-7-4-3-5-8-14)23-19(18)25(2)24-13;;/h3-5,7-8,11,15,21H,6,9-10,12H2,1-2H3,(H,22,26);2*1H/t15-;;/m0../s1. The van der Waals surface area contributed by atoms with Gasteiger partial charge in [0, 0.05) is 25.2 Å². The van der Waals surface area contributed by atoms with Crippen LogP contribution in [0.4, 0.5) is 0 Å². The molecule has 2 N–H and O–H groups in total. The summed E-state index contributed by atoms with van der Waals surface area (Å²) in [5.74, 6) is -0.0561. The van der Waals surface area contributed by atoms with E-state index in [1.165, 1.54) is 0 Å². The third-order valence-corrected chi connectivity index (χ3v) is 4.91. The molecule has 1 amide bonds. The SMILES string of the molecule is Cc1nn(C)c2nc(-c3ccccc3)cc(C(=O)N[C@H]3CCCNC3)c12.Cl.Cl. The van der Waals surface area contributed by atoms with Gasteiger partial charge in [0.1, 0.15) is 0 Å². The number of benzene rings is 1. The van der Waals surface area contributed by atoms with Gasteiger partial charge < -0.3 is 10.6 Å². The van der Waals surface area contributed by atoms with Crippen molar-refractivity contribution in [3.63, 3.8) is 0 Å². The summed E-state index contributed by atoms with van der Waals surface area (Å²) in [6.07, 6.45) is 2.09. The van der Waals surface area contributed by atoms with Gasteiger partial charge in [-0.1, -0.05) is 30.3 Å². The van der Waals surface area contributed by atoms with Crippen LogP contribution >= 0.6 is 24.8 Å². The number of aryl methyl sites for hydroxylation is 2. The number of fused-ring (bicyclic) bond motifs is 1. The van der Waals surface area contributed by atoms with E-state index in [0.717, 1.165) is 53.9 Å². The summed E-state index contributed by atoms with van der Waals surface area (Å²) >= 11 is 0. The summed E-state index contributed by atoms with van der Waals surface area (Å²) in [4.78, 5) is 17.8. The molecule has 8 heteroatoms. The van der Waals surface area contributed by atoms with Gasteiger partial charge in [-0.25, -0.2) is 4.98 Å². The Kier molecular flexibility index (Phi) is 7.41. The number of rotatable bonds is 3. The molecule has 2 aromatic heterocycles. The highest BCUT2D eigenvalue weighted by Crippen LogP contribution is 2.27. The van der Waals surface area contributed by atoms with Gasteiger partial charge in [0.15, 0.2) is 5.65 Å². The minimum absolute atomic E-state index is 0. The maximum atomic E-state index is 13.1. The summed E-state index contributed by atoms with van der Waals surface area (Å²) in [5, 5.41) is 11.8. The molecule has 150 valence electrons. The van der Waals surface area contributed by atoms with Crippen LogP contribution in [0.25, 0.3) is 22.3 Å². The first-order valence-corrected chi connectivity index (χ1v) is 9.05. The maximum Gasteiger partial charge on any atom is 0.252 e. The number of piperidine rings is 1. The monoisotopic (exact) mass is 421 g/mol. The van der Waals surface area contributed by atoms with Gasteiger partial charge in [0.05, 0.1) is 22.3 Å². The molecule has 0 saturated carbocycles. The lowest BCUT2D eigenvalue weighted by Gasteiger charge is -2.24. The lowest BCUT2D eigenvalue weighted by molar-refractivity contribution is 0.0932. The van der Waals surface area contributed by atoms with Crippen LogP contribution in [0.3, 0.4) is 0 Å². The van der Waals surface area contributed by atoms with Crippen LogP contribution in [-0.2, 0) is 7.05 Å². The van der Waals surface area contributed by atoms with E-state index in [0.29, 0.717) is 5.56 Å². The molecular weight excluding hydrogens is 397 g/mol. The topological polar surface area (TPSA) is 71.8 Å². The van der Waals surface area contributed by atoms with Crippen molar-refractivity contribution in [2.24, 2.45) is 7.05 Å². The van der Waals surface area contributed by atoms with Crippen molar-refractivity contribution < 1.29 is 4.79 Å². The Morgan fingerprint density at radius 3 is 2.68 bits per heavy atom. The van der Waals surface area contributed by atoms with Crippen LogP contribution in [0.5, 0.6) is 0 Å². The van der Waals surface area contributed by atoms with E-state index in [9.17, 15) is 4.79 Å². The molecule has 0 radical (unpaired) electrons. The second-order valence-corrected chi connectivity index (χ2v) is 6.85. The molecule has 0 aliphatic carbocycles. The number of carbonyl (C=O) groups is 1. The smallest absolute Gasteiger partial charge is 0.252 e. The molecule has 1 atom stereocenters. The number of pyridine rings is 1. The van der Waals surface area contributed by atoms with Gasteiger partial charge in [-0.2, -0.15) is 5.10 Å². The second kappa shape index (κ2) is 9.37. The molecule has 0 spiro atoms. The number of nitrogens with one attached hydrogen (secondary N) is 2. The quantitative estimate of drug-likeness (QED) is 0.680. The van der Waals surface area contributed by atoms with Crippen LogP contribution in [0.15, 0.2) is 36.4 Å². The zero-order chi connectivity index (χ0) is 18.1. The number of aromatic nitrogens is 3. The van der Waals surface area contributed by atoms with Gasteiger partial charge >= 0.3 is 0 Å². The fraction of sp³-hybridized carbons (Fsp3) is 0.350. The van der Waals surface area contributed by atoms with Crippen molar-refractivity contribution in [1.29, 1.82) is 0 Å². The zero-order valence-electron chi connectivity index (χ0n) is 15.9. The van der Waals surface area contributed by atoms with Crippen LogP contribution in [-0.4, -0.2) is 39.8 Å². The molecular formula is C20H25Cl2N5O. The Morgan fingerprint density at radius 2 is 2.00 bits per heavy atom. The minimum atomic E-state index is -0.0561. The molecule has 1 saturated heterocycles. The van der Waals surface area contributed by atoms with E-state index in [2.05, 4.69) is 15.7 Å².